The van der Waals surface area contributed by atoms with E-state index in [0.717, 1.165) is 12.1 Å². The Morgan fingerprint density at radius 1 is 0.912 bits per heavy atom. The van der Waals surface area contributed by atoms with Gasteiger partial charge >= 0.3 is 23.6 Å². The molecule has 0 aliphatic carbocycles. The SMILES string of the molecule is N#Cc1ccc(C2=[NH+]C(C(F)(F)F)(C(F)(F)F)c3c(n(-c4ccccc4)c(=O)[nH]c3=O)N2)cc1. The van der Waals surface area contributed by atoms with Crippen LogP contribution in [0.25, 0.3) is 5.69 Å². The van der Waals surface area contributed by atoms with Gasteiger partial charge in [0.15, 0.2) is 0 Å². The number of alkyl halides is 6. The first-order chi connectivity index (χ1) is 15.9. The van der Waals surface area contributed by atoms with Crippen molar-refractivity contribution in [2.24, 2.45) is 0 Å². The number of halogens is 6. The van der Waals surface area contributed by atoms with E-state index in [9.17, 15) is 35.9 Å². The number of rotatable bonds is 2. The lowest BCUT2D eigenvalue weighted by atomic mass is 9.87. The molecule has 1 aliphatic heterocycles. The molecule has 174 valence electrons. The second-order valence-corrected chi connectivity index (χ2v) is 7.21. The minimum Gasteiger partial charge on any atom is -0.273 e. The minimum absolute atomic E-state index is 0.0909. The quantitative estimate of drug-likeness (QED) is 0.486. The third-order valence-corrected chi connectivity index (χ3v) is 5.21. The maximum absolute atomic E-state index is 14.3. The summed E-state index contributed by atoms with van der Waals surface area (Å²) >= 11 is 0. The molecule has 0 radical (unpaired) electrons. The third-order valence-electron chi connectivity index (χ3n) is 5.21. The number of H-pyrrole nitrogens is 1. The normalized spacial score (nSPS) is 15.0. The molecule has 2 heterocycles. The van der Waals surface area contributed by atoms with Gasteiger partial charge in [0.25, 0.3) is 11.4 Å². The van der Waals surface area contributed by atoms with Gasteiger partial charge in [-0.2, -0.15) is 31.6 Å². The van der Waals surface area contributed by atoms with Crippen molar-refractivity contribution >= 4 is 11.7 Å². The fourth-order valence-electron chi connectivity index (χ4n) is 3.67. The largest absolute Gasteiger partial charge is 0.446 e. The van der Waals surface area contributed by atoms with E-state index < -0.39 is 46.4 Å². The van der Waals surface area contributed by atoms with Crippen LogP contribution in [-0.2, 0) is 5.54 Å². The zero-order valence-electron chi connectivity index (χ0n) is 16.7. The molecule has 13 heteroatoms. The number of nitrogens with one attached hydrogen (secondary N) is 3. The maximum atomic E-state index is 14.3. The van der Waals surface area contributed by atoms with Crippen molar-refractivity contribution in [2.75, 3.05) is 5.32 Å². The predicted octanol–water partition coefficient (Wildman–Crippen LogP) is 1.67. The molecule has 0 spiro atoms. The molecule has 0 amide bonds. The van der Waals surface area contributed by atoms with Crippen LogP contribution in [0.5, 0.6) is 0 Å². The van der Waals surface area contributed by atoms with Gasteiger partial charge in [0, 0.05) is 0 Å². The van der Waals surface area contributed by atoms with Crippen LogP contribution in [0.2, 0.25) is 0 Å². The highest BCUT2D eigenvalue weighted by Gasteiger charge is 2.78. The summed E-state index contributed by atoms with van der Waals surface area (Å²) in [7, 11) is 0. The van der Waals surface area contributed by atoms with Gasteiger partial charge in [0.2, 0.25) is 5.82 Å². The van der Waals surface area contributed by atoms with E-state index in [1.165, 1.54) is 47.5 Å². The van der Waals surface area contributed by atoms with E-state index in [4.69, 9.17) is 5.26 Å². The second kappa shape index (κ2) is 7.62. The molecule has 2 aromatic carbocycles. The maximum Gasteiger partial charge on any atom is 0.446 e. The highest BCUT2D eigenvalue weighted by molar-refractivity contribution is 6.05. The Labute approximate surface area is 185 Å². The number of hydrogen-bond donors (Lipinski definition) is 3. The summed E-state index contributed by atoms with van der Waals surface area (Å²) in [6.45, 7) is 0. The summed E-state index contributed by atoms with van der Waals surface area (Å²) in [5, 5.41) is 11.3. The number of nitriles is 1. The molecular formula is C21H12F6N5O2+. The number of hydrogen-bond acceptors (Lipinski definition) is 4. The lowest BCUT2D eigenvalue weighted by Gasteiger charge is -2.35. The summed E-state index contributed by atoms with van der Waals surface area (Å²) in [6.07, 6.45) is -12.1. The standard InChI is InChI=1S/C21H11F6N5O2/c22-20(23,24)19(21(25,26)27)14-16(29-15(31-19)12-8-6-11(10-28)7-9-12)32(18(34)30-17(14)33)13-4-2-1-3-5-13/h1-9H,(H,29,31)(H,30,33,34)/p+1. The zero-order valence-corrected chi connectivity index (χ0v) is 16.7. The third kappa shape index (κ3) is 3.35. The lowest BCUT2D eigenvalue weighted by Crippen LogP contribution is -2.97. The molecule has 1 aromatic heterocycles. The molecule has 4 rings (SSSR count). The molecular weight excluding hydrogens is 468 g/mol. The van der Waals surface area contributed by atoms with Gasteiger partial charge in [-0.3, -0.25) is 9.78 Å². The van der Waals surface area contributed by atoms with Gasteiger partial charge in [-0.25, -0.2) is 19.7 Å². The lowest BCUT2D eigenvalue weighted by molar-refractivity contribution is -0.658. The van der Waals surface area contributed by atoms with Crippen LogP contribution in [0, 0.1) is 11.3 Å². The highest BCUT2D eigenvalue weighted by Crippen LogP contribution is 2.48. The molecule has 0 fully saturated rings. The second-order valence-electron chi connectivity index (χ2n) is 7.21. The molecule has 0 bridgehead atoms. The van der Waals surface area contributed by atoms with E-state index in [-0.39, 0.29) is 16.8 Å². The average Bonchev–Trinajstić information content (AvgIpc) is 2.77. The number of para-hydroxylation sites is 1. The molecule has 34 heavy (non-hydrogen) atoms. The van der Waals surface area contributed by atoms with Crippen molar-refractivity contribution in [1.82, 2.24) is 9.55 Å². The van der Waals surface area contributed by atoms with Gasteiger partial charge in [-0.1, -0.05) is 18.2 Å². The van der Waals surface area contributed by atoms with Crippen LogP contribution >= 0.6 is 0 Å². The number of aromatic nitrogens is 2. The minimum atomic E-state index is -6.06. The Hall–Kier alpha value is -4.34. The van der Waals surface area contributed by atoms with E-state index in [2.05, 4.69) is 5.32 Å². The molecule has 0 unspecified atom stereocenters. The van der Waals surface area contributed by atoms with Gasteiger partial charge in [0.05, 0.1) is 22.9 Å². The Morgan fingerprint density at radius 3 is 2.03 bits per heavy atom. The zero-order chi connectivity index (χ0) is 24.9. The average molecular weight is 480 g/mol. The van der Waals surface area contributed by atoms with Gasteiger partial charge < -0.3 is 0 Å². The van der Waals surface area contributed by atoms with Crippen LogP contribution < -0.4 is 21.6 Å². The Kier molecular flexibility index (Phi) is 5.12. The molecule has 0 saturated carbocycles. The van der Waals surface area contributed by atoms with Crippen LogP contribution in [0.15, 0.2) is 64.2 Å². The van der Waals surface area contributed by atoms with Crippen molar-refractivity contribution in [2.45, 2.75) is 17.9 Å². The smallest absolute Gasteiger partial charge is 0.273 e. The van der Waals surface area contributed by atoms with E-state index >= 15 is 0 Å². The molecule has 3 aromatic rings. The van der Waals surface area contributed by atoms with Crippen LogP contribution in [0.1, 0.15) is 16.7 Å². The summed E-state index contributed by atoms with van der Waals surface area (Å²) < 4.78 is 86.2. The predicted molar refractivity (Wildman–Crippen MR) is 106 cm³/mol. The number of nitrogens with zero attached hydrogens (tertiary/aromatic N) is 2. The first-order valence-corrected chi connectivity index (χ1v) is 9.42. The molecule has 0 atom stereocenters. The number of benzene rings is 2. The first-order valence-electron chi connectivity index (χ1n) is 9.42. The Bertz CT molecular complexity index is 1430. The number of fused-ring (bicyclic) bond motifs is 1. The molecule has 0 saturated heterocycles. The topological polar surface area (TPSA) is 105 Å². The summed E-state index contributed by atoms with van der Waals surface area (Å²) in [5.74, 6) is -1.78. The summed E-state index contributed by atoms with van der Waals surface area (Å²) in [5.41, 5.74) is -9.91. The number of amidine groups is 1. The van der Waals surface area contributed by atoms with Crippen molar-refractivity contribution < 1.29 is 31.3 Å². The van der Waals surface area contributed by atoms with Crippen molar-refractivity contribution in [3.8, 4) is 11.8 Å². The molecule has 1 aliphatic rings. The molecule has 3 N–H and O–H groups in total. The Morgan fingerprint density at radius 2 is 1.50 bits per heavy atom. The van der Waals surface area contributed by atoms with E-state index in [0.29, 0.717) is 4.57 Å². The van der Waals surface area contributed by atoms with Crippen LogP contribution in [0.4, 0.5) is 32.2 Å². The van der Waals surface area contributed by atoms with Crippen molar-refractivity contribution in [1.29, 1.82) is 5.26 Å². The fraction of sp³-hybridized carbons (Fsp3) is 0.143. The van der Waals surface area contributed by atoms with E-state index in [1.54, 1.807) is 11.1 Å². The van der Waals surface area contributed by atoms with Crippen molar-refractivity contribution in [3.05, 3.63) is 92.1 Å². The monoisotopic (exact) mass is 480 g/mol. The van der Waals surface area contributed by atoms with Crippen molar-refractivity contribution in [3.63, 3.8) is 0 Å². The highest BCUT2D eigenvalue weighted by atomic mass is 19.4. The van der Waals surface area contributed by atoms with Gasteiger partial charge in [-0.05, 0) is 36.4 Å². The van der Waals surface area contributed by atoms with Gasteiger partial charge in [0.1, 0.15) is 5.56 Å². The summed E-state index contributed by atoms with van der Waals surface area (Å²) in [4.78, 5) is 28.1. The van der Waals surface area contributed by atoms with Crippen LogP contribution in [-0.4, -0.2) is 27.7 Å². The Balaban J connectivity index is 2.16. The summed E-state index contributed by atoms with van der Waals surface area (Å²) in [6, 6.07) is 13.3. The number of anilines is 1. The molecule has 7 nitrogen and oxygen atoms in total. The van der Waals surface area contributed by atoms with Crippen LogP contribution in [0.3, 0.4) is 0 Å². The van der Waals surface area contributed by atoms with E-state index in [1.807, 2.05) is 0 Å². The number of aromatic amines is 1. The van der Waals surface area contributed by atoms with Gasteiger partial charge in [-0.15, -0.1) is 0 Å². The first kappa shape index (κ1) is 22.8. The fourth-order valence-corrected chi connectivity index (χ4v) is 3.67.